The van der Waals surface area contributed by atoms with Gasteiger partial charge in [-0.2, -0.15) is 0 Å². The van der Waals surface area contributed by atoms with Crippen molar-refractivity contribution in [1.82, 2.24) is 20.6 Å². The van der Waals surface area contributed by atoms with Crippen LogP contribution in [0.25, 0.3) is 0 Å². The fourth-order valence-corrected chi connectivity index (χ4v) is 2.78. The van der Waals surface area contributed by atoms with Gasteiger partial charge >= 0.3 is 0 Å². The molecule has 1 aromatic heterocycles. The fourth-order valence-electron chi connectivity index (χ4n) is 1.38. The van der Waals surface area contributed by atoms with E-state index in [1.54, 1.807) is 12.3 Å². The van der Waals surface area contributed by atoms with Crippen LogP contribution in [0, 0.1) is 0 Å². The molecular weight excluding hydrogens is 320 g/mol. The van der Waals surface area contributed by atoms with Gasteiger partial charge in [0.05, 0.1) is 11.5 Å². The smallest absolute Gasteiger partial charge is 0.230 e. The second-order valence-corrected chi connectivity index (χ2v) is 6.39. The lowest BCUT2D eigenvalue weighted by Crippen LogP contribution is -2.25. The highest BCUT2D eigenvalue weighted by molar-refractivity contribution is 8.00. The maximum Gasteiger partial charge on any atom is 0.230 e. The van der Waals surface area contributed by atoms with E-state index < -0.39 is 0 Å². The Morgan fingerprint density at radius 3 is 2.23 bits per heavy atom. The summed E-state index contributed by atoms with van der Waals surface area (Å²) in [6.07, 6.45) is 3.48. The van der Waals surface area contributed by atoms with Crippen LogP contribution in [0.3, 0.4) is 0 Å². The van der Waals surface area contributed by atoms with E-state index in [4.69, 9.17) is 0 Å². The van der Waals surface area contributed by atoms with Gasteiger partial charge in [-0.3, -0.25) is 9.59 Å². The normalized spacial score (nSPS) is 10.3. The van der Waals surface area contributed by atoms with E-state index >= 15 is 0 Å². The lowest BCUT2D eigenvalue weighted by molar-refractivity contribution is -0.119. The van der Waals surface area contributed by atoms with Gasteiger partial charge in [-0.25, -0.2) is 9.97 Å². The molecule has 0 spiro atoms. The van der Waals surface area contributed by atoms with Crippen LogP contribution in [-0.4, -0.2) is 46.4 Å². The molecule has 0 aliphatic rings. The molecule has 0 atom stereocenters. The summed E-state index contributed by atoms with van der Waals surface area (Å²) < 4.78 is 0. The van der Waals surface area contributed by atoms with Crippen molar-refractivity contribution < 1.29 is 9.59 Å². The van der Waals surface area contributed by atoms with Gasteiger partial charge in [-0.1, -0.05) is 37.4 Å². The van der Waals surface area contributed by atoms with E-state index in [0.717, 1.165) is 17.9 Å². The Morgan fingerprint density at radius 1 is 1.05 bits per heavy atom. The average Bonchev–Trinajstić information content (AvgIpc) is 2.54. The Bertz CT molecular complexity index is 446. The SMILES string of the molecule is CCCNC(=O)CSc1ccnc(SCC(=O)NCCC)n1. The third-order valence-electron chi connectivity index (χ3n) is 2.44. The van der Waals surface area contributed by atoms with Gasteiger partial charge in [0.2, 0.25) is 11.8 Å². The summed E-state index contributed by atoms with van der Waals surface area (Å²) >= 11 is 2.66. The zero-order valence-corrected chi connectivity index (χ0v) is 14.6. The molecule has 0 saturated carbocycles. The van der Waals surface area contributed by atoms with Crippen LogP contribution in [0.2, 0.25) is 0 Å². The predicted molar refractivity (Wildman–Crippen MR) is 90.1 cm³/mol. The van der Waals surface area contributed by atoms with Crippen molar-refractivity contribution in [3.05, 3.63) is 12.3 Å². The Labute approximate surface area is 139 Å². The van der Waals surface area contributed by atoms with E-state index in [0.29, 0.717) is 29.8 Å². The van der Waals surface area contributed by atoms with Crippen molar-refractivity contribution in [3.8, 4) is 0 Å². The number of carbonyl (C=O) groups excluding carboxylic acids is 2. The number of rotatable bonds is 10. The summed E-state index contributed by atoms with van der Waals surface area (Å²) in [7, 11) is 0. The Hall–Kier alpha value is -1.28. The van der Waals surface area contributed by atoms with Crippen LogP contribution in [-0.2, 0) is 9.59 Å². The van der Waals surface area contributed by atoms with E-state index in [9.17, 15) is 9.59 Å². The molecule has 0 bridgehead atoms. The van der Waals surface area contributed by atoms with Crippen molar-refractivity contribution in [1.29, 1.82) is 0 Å². The molecule has 0 radical (unpaired) electrons. The number of thioether (sulfide) groups is 2. The molecule has 2 amide bonds. The number of aromatic nitrogens is 2. The average molecular weight is 342 g/mol. The largest absolute Gasteiger partial charge is 0.355 e. The van der Waals surface area contributed by atoms with Gasteiger partial charge in [-0.15, -0.1) is 0 Å². The molecule has 122 valence electrons. The number of amides is 2. The van der Waals surface area contributed by atoms with Gasteiger partial charge in [-0.05, 0) is 18.9 Å². The molecule has 2 N–H and O–H groups in total. The molecule has 1 aromatic rings. The zero-order valence-electron chi connectivity index (χ0n) is 12.9. The van der Waals surface area contributed by atoms with Crippen molar-refractivity contribution in [2.45, 2.75) is 36.9 Å². The Kier molecular flexibility index (Phi) is 9.65. The molecule has 6 nitrogen and oxygen atoms in total. The number of carbonyl (C=O) groups is 2. The standard InChI is InChI=1S/C14H22N4O2S2/c1-3-6-15-11(19)9-21-13-5-8-17-14(18-13)22-10-12(20)16-7-4-2/h5,8H,3-4,6-7,9-10H2,1-2H3,(H,15,19)(H,16,20). The zero-order chi connectivity index (χ0) is 16.2. The third kappa shape index (κ3) is 8.23. The van der Waals surface area contributed by atoms with E-state index in [1.807, 2.05) is 13.8 Å². The van der Waals surface area contributed by atoms with Gasteiger partial charge in [0.25, 0.3) is 0 Å². The lowest BCUT2D eigenvalue weighted by atomic mass is 10.5. The highest BCUT2D eigenvalue weighted by atomic mass is 32.2. The minimum Gasteiger partial charge on any atom is -0.355 e. The first-order chi connectivity index (χ1) is 10.7. The van der Waals surface area contributed by atoms with Crippen LogP contribution in [0.1, 0.15) is 26.7 Å². The summed E-state index contributed by atoms with van der Waals surface area (Å²) in [4.78, 5) is 31.5. The monoisotopic (exact) mass is 342 g/mol. The van der Waals surface area contributed by atoms with E-state index in [-0.39, 0.29) is 11.8 Å². The minimum absolute atomic E-state index is 0.00129. The van der Waals surface area contributed by atoms with Crippen molar-refractivity contribution in [3.63, 3.8) is 0 Å². The molecule has 0 saturated heterocycles. The first kappa shape index (κ1) is 18.8. The van der Waals surface area contributed by atoms with Gasteiger partial charge in [0.1, 0.15) is 5.03 Å². The molecule has 0 aliphatic carbocycles. The molecule has 22 heavy (non-hydrogen) atoms. The minimum atomic E-state index is -0.0209. The molecule has 8 heteroatoms. The molecule has 0 unspecified atom stereocenters. The molecule has 0 fully saturated rings. The van der Waals surface area contributed by atoms with Crippen molar-refractivity contribution in [2.24, 2.45) is 0 Å². The number of nitrogens with zero attached hydrogens (tertiary/aromatic N) is 2. The lowest BCUT2D eigenvalue weighted by Gasteiger charge is -2.05. The van der Waals surface area contributed by atoms with Crippen molar-refractivity contribution in [2.75, 3.05) is 24.6 Å². The Morgan fingerprint density at radius 2 is 1.64 bits per heavy atom. The molecule has 0 aromatic carbocycles. The maximum absolute atomic E-state index is 11.5. The van der Waals surface area contributed by atoms with Crippen LogP contribution in [0.15, 0.2) is 22.4 Å². The summed E-state index contributed by atoms with van der Waals surface area (Å²) in [5.41, 5.74) is 0. The molecule has 1 rings (SSSR count). The summed E-state index contributed by atoms with van der Waals surface area (Å²) in [5.74, 6) is 0.606. The summed E-state index contributed by atoms with van der Waals surface area (Å²) in [6.45, 7) is 5.39. The molecule has 0 aliphatic heterocycles. The van der Waals surface area contributed by atoms with Crippen LogP contribution in [0.5, 0.6) is 0 Å². The third-order valence-corrected chi connectivity index (χ3v) is 4.23. The quantitative estimate of drug-likeness (QED) is 0.383. The van der Waals surface area contributed by atoms with Gasteiger partial charge in [0.15, 0.2) is 5.16 Å². The molecule has 1 heterocycles. The van der Waals surface area contributed by atoms with Gasteiger partial charge in [0, 0.05) is 19.3 Å². The maximum atomic E-state index is 11.5. The summed E-state index contributed by atoms with van der Waals surface area (Å²) in [6, 6.07) is 1.76. The van der Waals surface area contributed by atoms with E-state index in [2.05, 4.69) is 20.6 Å². The van der Waals surface area contributed by atoms with E-state index in [1.165, 1.54) is 23.5 Å². The van der Waals surface area contributed by atoms with Gasteiger partial charge < -0.3 is 10.6 Å². The fraction of sp³-hybridized carbons (Fsp3) is 0.571. The predicted octanol–water partition coefficient (Wildman–Crippen LogP) is 1.71. The number of hydrogen-bond acceptors (Lipinski definition) is 6. The first-order valence-electron chi connectivity index (χ1n) is 7.27. The first-order valence-corrected chi connectivity index (χ1v) is 9.24. The Balaban J connectivity index is 2.38. The van der Waals surface area contributed by atoms with Crippen molar-refractivity contribution >= 4 is 35.3 Å². The second kappa shape index (κ2) is 11.3. The highest BCUT2D eigenvalue weighted by Crippen LogP contribution is 2.18. The number of nitrogens with one attached hydrogen (secondary N) is 2. The summed E-state index contributed by atoms with van der Waals surface area (Å²) in [5, 5.41) is 6.90. The second-order valence-electron chi connectivity index (χ2n) is 4.45. The number of hydrogen-bond donors (Lipinski definition) is 2. The van der Waals surface area contributed by atoms with Crippen LogP contribution >= 0.6 is 23.5 Å². The highest BCUT2D eigenvalue weighted by Gasteiger charge is 2.07. The van der Waals surface area contributed by atoms with Crippen LogP contribution < -0.4 is 10.6 Å². The topological polar surface area (TPSA) is 84.0 Å². The van der Waals surface area contributed by atoms with Crippen LogP contribution in [0.4, 0.5) is 0 Å². The molecular formula is C14H22N4O2S2.